The van der Waals surface area contributed by atoms with Crippen molar-refractivity contribution in [2.75, 3.05) is 55.7 Å². The lowest BCUT2D eigenvalue weighted by Crippen LogP contribution is -2.49. The average Bonchev–Trinajstić information content (AvgIpc) is 3.34. The molecule has 0 aliphatic carbocycles. The molecule has 2 aliphatic rings. The molecule has 0 spiro atoms. The number of amides is 1. The molecule has 0 N–H and O–H groups in total. The molecule has 0 saturated carbocycles. The number of hydrogen-bond donors (Lipinski definition) is 0. The highest BCUT2D eigenvalue weighted by Crippen LogP contribution is 2.22. The SMILES string of the molecule is CCCCOc1ccc(C(=O)N2CCN(c3cc(C)nc(N4CCCC4)n3)CC2)cc1. The lowest BCUT2D eigenvalue weighted by molar-refractivity contribution is 0.0746. The summed E-state index contributed by atoms with van der Waals surface area (Å²) in [5.74, 6) is 2.71. The fraction of sp³-hybridized carbons (Fsp3) is 0.542. The van der Waals surface area contributed by atoms with Gasteiger partial charge in [0.25, 0.3) is 5.91 Å². The highest BCUT2D eigenvalue weighted by Gasteiger charge is 2.24. The summed E-state index contributed by atoms with van der Waals surface area (Å²) < 4.78 is 5.70. The minimum absolute atomic E-state index is 0.0800. The predicted octanol–water partition coefficient (Wildman–Crippen LogP) is 3.53. The van der Waals surface area contributed by atoms with Crippen LogP contribution in [-0.4, -0.2) is 66.7 Å². The van der Waals surface area contributed by atoms with Gasteiger partial charge in [-0.1, -0.05) is 13.3 Å². The second-order valence-corrected chi connectivity index (χ2v) is 8.37. The zero-order chi connectivity index (χ0) is 21.6. The average molecular weight is 424 g/mol. The number of anilines is 2. The summed E-state index contributed by atoms with van der Waals surface area (Å²) in [5.41, 5.74) is 1.71. The Kier molecular flexibility index (Phi) is 6.89. The van der Waals surface area contributed by atoms with Gasteiger partial charge in [0, 0.05) is 56.6 Å². The Morgan fingerprint density at radius 1 is 0.968 bits per heavy atom. The Morgan fingerprint density at radius 2 is 1.68 bits per heavy atom. The lowest BCUT2D eigenvalue weighted by atomic mass is 10.1. The van der Waals surface area contributed by atoms with E-state index in [0.29, 0.717) is 25.3 Å². The summed E-state index contributed by atoms with van der Waals surface area (Å²) >= 11 is 0. The van der Waals surface area contributed by atoms with Crippen molar-refractivity contribution >= 4 is 17.7 Å². The quantitative estimate of drug-likeness (QED) is 0.635. The summed E-state index contributed by atoms with van der Waals surface area (Å²) in [6.07, 6.45) is 4.56. The Balaban J connectivity index is 1.34. The molecule has 2 aromatic rings. The van der Waals surface area contributed by atoms with Gasteiger partial charge in [-0.15, -0.1) is 0 Å². The predicted molar refractivity (Wildman–Crippen MR) is 123 cm³/mol. The maximum atomic E-state index is 12.9. The third-order valence-corrected chi connectivity index (χ3v) is 5.98. The smallest absolute Gasteiger partial charge is 0.253 e. The first-order valence-electron chi connectivity index (χ1n) is 11.5. The van der Waals surface area contributed by atoms with Gasteiger partial charge in [0.15, 0.2) is 0 Å². The number of aryl methyl sites for hydroxylation is 1. The number of nitrogens with zero attached hydrogens (tertiary/aromatic N) is 5. The molecule has 7 nitrogen and oxygen atoms in total. The van der Waals surface area contributed by atoms with E-state index in [1.807, 2.05) is 42.2 Å². The molecular formula is C24H33N5O2. The monoisotopic (exact) mass is 423 g/mol. The van der Waals surface area contributed by atoms with Crippen LogP contribution < -0.4 is 14.5 Å². The molecule has 2 aliphatic heterocycles. The first-order chi connectivity index (χ1) is 15.1. The van der Waals surface area contributed by atoms with E-state index in [1.165, 1.54) is 12.8 Å². The third-order valence-electron chi connectivity index (χ3n) is 5.98. The molecule has 2 saturated heterocycles. The van der Waals surface area contributed by atoms with Crippen LogP contribution in [0, 0.1) is 6.92 Å². The number of ether oxygens (including phenoxy) is 1. The highest BCUT2D eigenvalue weighted by molar-refractivity contribution is 5.94. The van der Waals surface area contributed by atoms with Crippen molar-refractivity contribution in [3.63, 3.8) is 0 Å². The maximum Gasteiger partial charge on any atom is 0.253 e. The third kappa shape index (κ3) is 5.27. The molecule has 7 heteroatoms. The van der Waals surface area contributed by atoms with Gasteiger partial charge in [0.2, 0.25) is 5.95 Å². The van der Waals surface area contributed by atoms with Crippen LogP contribution in [0.2, 0.25) is 0 Å². The Bertz CT molecular complexity index is 872. The topological polar surface area (TPSA) is 61.8 Å². The van der Waals surface area contributed by atoms with Gasteiger partial charge in [-0.2, -0.15) is 4.98 Å². The van der Waals surface area contributed by atoms with Crippen molar-refractivity contribution < 1.29 is 9.53 Å². The van der Waals surface area contributed by atoms with E-state index in [-0.39, 0.29) is 5.91 Å². The maximum absolute atomic E-state index is 12.9. The van der Waals surface area contributed by atoms with E-state index in [0.717, 1.165) is 62.2 Å². The van der Waals surface area contributed by atoms with Crippen molar-refractivity contribution in [1.29, 1.82) is 0 Å². The van der Waals surface area contributed by atoms with Gasteiger partial charge < -0.3 is 19.4 Å². The summed E-state index contributed by atoms with van der Waals surface area (Å²) in [4.78, 5) is 28.9. The van der Waals surface area contributed by atoms with Crippen LogP contribution in [0.5, 0.6) is 5.75 Å². The Labute approximate surface area is 185 Å². The lowest BCUT2D eigenvalue weighted by Gasteiger charge is -2.35. The van der Waals surface area contributed by atoms with Crippen LogP contribution in [-0.2, 0) is 0 Å². The summed E-state index contributed by atoms with van der Waals surface area (Å²) in [7, 11) is 0. The number of unbranched alkanes of at least 4 members (excludes halogenated alkanes) is 1. The first kappa shape index (κ1) is 21.4. The molecule has 1 aromatic heterocycles. The van der Waals surface area contributed by atoms with Gasteiger partial charge in [-0.05, 0) is 50.5 Å². The standard InChI is InChI=1S/C24H33N5O2/c1-3-4-17-31-21-9-7-20(8-10-21)23(30)28-15-13-27(14-16-28)22-18-19(2)25-24(26-22)29-11-5-6-12-29/h7-10,18H,3-6,11-17H2,1-2H3. The first-order valence-corrected chi connectivity index (χ1v) is 11.5. The van der Waals surface area contributed by atoms with Crippen LogP contribution in [0.25, 0.3) is 0 Å². The fourth-order valence-electron chi connectivity index (χ4n) is 4.11. The molecule has 0 atom stereocenters. The second kappa shape index (κ2) is 9.98. The van der Waals surface area contributed by atoms with Crippen molar-refractivity contribution in [1.82, 2.24) is 14.9 Å². The van der Waals surface area contributed by atoms with Crippen molar-refractivity contribution in [2.45, 2.75) is 39.5 Å². The van der Waals surface area contributed by atoms with E-state index >= 15 is 0 Å². The highest BCUT2D eigenvalue weighted by atomic mass is 16.5. The van der Waals surface area contributed by atoms with Gasteiger partial charge >= 0.3 is 0 Å². The van der Waals surface area contributed by atoms with Crippen molar-refractivity contribution in [3.05, 3.63) is 41.6 Å². The largest absolute Gasteiger partial charge is 0.494 e. The summed E-state index contributed by atoms with van der Waals surface area (Å²) in [6, 6.07) is 9.57. The molecule has 0 unspecified atom stereocenters. The summed E-state index contributed by atoms with van der Waals surface area (Å²) in [5, 5.41) is 0. The van der Waals surface area contributed by atoms with Crippen LogP contribution in [0.4, 0.5) is 11.8 Å². The molecule has 3 heterocycles. The number of aromatic nitrogens is 2. The Morgan fingerprint density at radius 3 is 2.35 bits per heavy atom. The van der Waals surface area contributed by atoms with Gasteiger partial charge in [0.05, 0.1) is 6.61 Å². The molecule has 166 valence electrons. The van der Waals surface area contributed by atoms with E-state index in [9.17, 15) is 4.79 Å². The van der Waals surface area contributed by atoms with Gasteiger partial charge in [-0.3, -0.25) is 4.79 Å². The van der Waals surface area contributed by atoms with Crippen LogP contribution >= 0.6 is 0 Å². The van der Waals surface area contributed by atoms with E-state index < -0.39 is 0 Å². The molecule has 0 radical (unpaired) electrons. The summed E-state index contributed by atoms with van der Waals surface area (Å²) in [6.45, 7) is 9.89. The molecule has 1 amide bonds. The van der Waals surface area contributed by atoms with Crippen LogP contribution in [0.15, 0.2) is 30.3 Å². The number of benzene rings is 1. The fourth-order valence-corrected chi connectivity index (χ4v) is 4.11. The molecule has 2 fully saturated rings. The number of rotatable bonds is 7. The van der Waals surface area contributed by atoms with E-state index in [2.05, 4.69) is 21.7 Å². The molecule has 1 aromatic carbocycles. The van der Waals surface area contributed by atoms with E-state index in [4.69, 9.17) is 9.72 Å². The minimum atomic E-state index is 0.0800. The van der Waals surface area contributed by atoms with Crippen molar-refractivity contribution in [3.8, 4) is 5.75 Å². The molecular weight excluding hydrogens is 390 g/mol. The number of carbonyl (C=O) groups is 1. The minimum Gasteiger partial charge on any atom is -0.494 e. The Hall–Kier alpha value is -2.83. The normalized spacial score (nSPS) is 16.6. The number of piperazine rings is 1. The van der Waals surface area contributed by atoms with Gasteiger partial charge in [-0.25, -0.2) is 4.98 Å². The number of hydrogen-bond acceptors (Lipinski definition) is 6. The zero-order valence-corrected chi connectivity index (χ0v) is 18.7. The van der Waals surface area contributed by atoms with Gasteiger partial charge in [0.1, 0.15) is 11.6 Å². The van der Waals surface area contributed by atoms with E-state index in [1.54, 1.807) is 0 Å². The number of carbonyl (C=O) groups excluding carboxylic acids is 1. The molecule has 4 rings (SSSR count). The van der Waals surface area contributed by atoms with Crippen molar-refractivity contribution in [2.24, 2.45) is 0 Å². The van der Waals surface area contributed by atoms with Crippen LogP contribution in [0.3, 0.4) is 0 Å². The van der Waals surface area contributed by atoms with Crippen LogP contribution in [0.1, 0.15) is 48.7 Å². The molecule has 31 heavy (non-hydrogen) atoms. The second-order valence-electron chi connectivity index (χ2n) is 8.37. The zero-order valence-electron chi connectivity index (χ0n) is 18.7. The molecule has 0 bridgehead atoms.